The first-order chi connectivity index (χ1) is 10.0. The van der Waals surface area contributed by atoms with E-state index >= 15 is 0 Å². The average Bonchev–Trinajstić information content (AvgIpc) is 2.49. The summed E-state index contributed by atoms with van der Waals surface area (Å²) in [6.45, 7) is 4.15. The van der Waals surface area contributed by atoms with E-state index < -0.39 is 12.0 Å². The number of carbonyl (C=O) groups is 2. The number of aryl methyl sites for hydroxylation is 1. The lowest BCUT2D eigenvalue weighted by Gasteiger charge is -2.16. The maximum Gasteiger partial charge on any atom is 0.326 e. The van der Waals surface area contributed by atoms with Crippen molar-refractivity contribution in [2.75, 3.05) is 6.54 Å². The molecule has 0 aromatic heterocycles. The van der Waals surface area contributed by atoms with Crippen LogP contribution in [0.3, 0.4) is 0 Å². The summed E-state index contributed by atoms with van der Waals surface area (Å²) in [5, 5.41) is 14.8. The first-order valence-corrected chi connectivity index (χ1v) is 7.32. The van der Waals surface area contributed by atoms with Crippen molar-refractivity contribution < 1.29 is 14.7 Å². The third-order valence-corrected chi connectivity index (χ3v) is 3.42. The van der Waals surface area contributed by atoms with Crippen LogP contribution < -0.4 is 10.6 Å². The highest BCUT2D eigenvalue weighted by atomic mass is 16.4. The van der Waals surface area contributed by atoms with Crippen LogP contribution in [0, 0.1) is 0 Å². The van der Waals surface area contributed by atoms with Gasteiger partial charge in [-0.2, -0.15) is 0 Å². The van der Waals surface area contributed by atoms with Gasteiger partial charge >= 0.3 is 5.97 Å². The fourth-order valence-electron chi connectivity index (χ4n) is 1.87. The molecule has 0 radical (unpaired) electrons. The van der Waals surface area contributed by atoms with Gasteiger partial charge in [-0.3, -0.25) is 4.79 Å². The van der Waals surface area contributed by atoms with Crippen molar-refractivity contribution in [2.45, 2.75) is 45.2 Å². The molecule has 0 saturated carbocycles. The van der Waals surface area contributed by atoms with Gasteiger partial charge in [-0.25, -0.2) is 4.79 Å². The van der Waals surface area contributed by atoms with E-state index in [-0.39, 0.29) is 18.5 Å². The molecule has 0 bridgehead atoms. The van der Waals surface area contributed by atoms with Crippen molar-refractivity contribution >= 4 is 11.9 Å². The minimum atomic E-state index is -0.997. The highest BCUT2D eigenvalue weighted by Gasteiger charge is 2.19. The fraction of sp³-hybridized carbons (Fsp3) is 0.500. The van der Waals surface area contributed by atoms with Crippen LogP contribution in [0.15, 0.2) is 30.3 Å². The standard InChI is InChI=1S/C16H24N2O3/c1-3-12(2)17-11-15(19)18-14(16(20)21)10-9-13-7-5-4-6-8-13/h4-8,12,14,17H,3,9-11H2,1-2H3,(H,18,19)(H,20,21)/t12?,14-/m0/s1. The van der Waals surface area contributed by atoms with Gasteiger partial charge in [0.2, 0.25) is 5.91 Å². The van der Waals surface area contributed by atoms with Gasteiger partial charge in [-0.05, 0) is 31.7 Å². The Labute approximate surface area is 125 Å². The van der Waals surface area contributed by atoms with Gasteiger partial charge in [0.25, 0.3) is 0 Å². The second-order valence-electron chi connectivity index (χ2n) is 5.17. The van der Waals surface area contributed by atoms with Crippen molar-refractivity contribution in [2.24, 2.45) is 0 Å². The van der Waals surface area contributed by atoms with Crippen LogP contribution in [0.4, 0.5) is 0 Å². The minimum Gasteiger partial charge on any atom is -0.480 e. The van der Waals surface area contributed by atoms with E-state index in [4.69, 9.17) is 0 Å². The van der Waals surface area contributed by atoms with Crippen LogP contribution in [0.1, 0.15) is 32.3 Å². The highest BCUT2D eigenvalue weighted by Crippen LogP contribution is 2.05. The zero-order valence-corrected chi connectivity index (χ0v) is 12.6. The maximum absolute atomic E-state index is 11.8. The molecule has 3 N–H and O–H groups in total. The highest BCUT2D eigenvalue weighted by molar-refractivity contribution is 5.84. The third-order valence-electron chi connectivity index (χ3n) is 3.42. The largest absolute Gasteiger partial charge is 0.480 e. The van der Waals surface area contributed by atoms with Gasteiger partial charge in [-0.1, -0.05) is 37.3 Å². The zero-order valence-electron chi connectivity index (χ0n) is 12.6. The Bertz CT molecular complexity index is 448. The second-order valence-corrected chi connectivity index (χ2v) is 5.17. The van der Waals surface area contributed by atoms with Crippen molar-refractivity contribution in [1.82, 2.24) is 10.6 Å². The summed E-state index contributed by atoms with van der Waals surface area (Å²) in [7, 11) is 0. The first kappa shape index (κ1) is 17.2. The lowest BCUT2D eigenvalue weighted by atomic mass is 10.1. The SMILES string of the molecule is CCC(C)NCC(=O)N[C@@H](CCc1ccccc1)C(=O)O. The predicted molar refractivity (Wildman–Crippen MR) is 82.1 cm³/mol. The number of hydrogen-bond acceptors (Lipinski definition) is 3. The third kappa shape index (κ3) is 6.90. The van der Waals surface area contributed by atoms with E-state index in [0.29, 0.717) is 12.8 Å². The quantitative estimate of drug-likeness (QED) is 0.645. The van der Waals surface area contributed by atoms with Crippen LogP contribution in [0.5, 0.6) is 0 Å². The lowest BCUT2D eigenvalue weighted by molar-refractivity contribution is -0.141. The topological polar surface area (TPSA) is 78.4 Å². The zero-order chi connectivity index (χ0) is 15.7. The Balaban J connectivity index is 2.42. The Morgan fingerprint density at radius 1 is 1.24 bits per heavy atom. The fourth-order valence-corrected chi connectivity index (χ4v) is 1.87. The molecule has 0 aliphatic carbocycles. The molecule has 0 saturated heterocycles. The van der Waals surface area contributed by atoms with E-state index in [1.165, 1.54) is 0 Å². The maximum atomic E-state index is 11.8. The van der Waals surface area contributed by atoms with Crippen LogP contribution in [0.2, 0.25) is 0 Å². The number of carboxylic acid groups (broad SMARTS) is 1. The number of carbonyl (C=O) groups excluding carboxylic acids is 1. The van der Waals surface area contributed by atoms with E-state index in [0.717, 1.165) is 12.0 Å². The minimum absolute atomic E-state index is 0.143. The monoisotopic (exact) mass is 292 g/mol. The van der Waals surface area contributed by atoms with E-state index in [2.05, 4.69) is 10.6 Å². The number of amides is 1. The molecule has 1 unspecified atom stereocenters. The van der Waals surface area contributed by atoms with Crippen LogP contribution in [-0.4, -0.2) is 35.6 Å². The van der Waals surface area contributed by atoms with E-state index in [1.807, 2.05) is 44.2 Å². The smallest absolute Gasteiger partial charge is 0.326 e. The van der Waals surface area contributed by atoms with E-state index in [1.54, 1.807) is 0 Å². The number of rotatable bonds is 9. The lowest BCUT2D eigenvalue weighted by Crippen LogP contribution is -2.46. The molecule has 21 heavy (non-hydrogen) atoms. The molecule has 116 valence electrons. The van der Waals surface area contributed by atoms with Gasteiger partial charge in [0, 0.05) is 6.04 Å². The average molecular weight is 292 g/mol. The summed E-state index contributed by atoms with van der Waals surface area (Å²) in [5.41, 5.74) is 1.07. The predicted octanol–water partition coefficient (Wildman–Crippen LogP) is 1.58. The normalized spacial score (nSPS) is 13.4. The number of benzene rings is 1. The molecule has 1 aromatic carbocycles. The molecule has 0 aliphatic rings. The van der Waals surface area contributed by atoms with Crippen LogP contribution in [0.25, 0.3) is 0 Å². The summed E-state index contributed by atoms with van der Waals surface area (Å²) < 4.78 is 0. The molecule has 0 aliphatic heterocycles. The summed E-state index contributed by atoms with van der Waals surface area (Å²) in [6.07, 6.45) is 1.93. The van der Waals surface area contributed by atoms with Crippen molar-refractivity contribution in [1.29, 1.82) is 0 Å². The van der Waals surface area contributed by atoms with Gasteiger partial charge in [-0.15, -0.1) is 0 Å². The molecule has 1 rings (SSSR count). The van der Waals surface area contributed by atoms with Gasteiger partial charge < -0.3 is 15.7 Å². The first-order valence-electron chi connectivity index (χ1n) is 7.32. The Morgan fingerprint density at radius 2 is 1.90 bits per heavy atom. The van der Waals surface area contributed by atoms with Crippen LogP contribution >= 0.6 is 0 Å². The summed E-state index contributed by atoms with van der Waals surface area (Å²) in [6, 6.07) is 9.04. The summed E-state index contributed by atoms with van der Waals surface area (Å²) in [5.74, 6) is -1.28. The molecular weight excluding hydrogens is 268 g/mol. The second kappa shape index (κ2) is 9.13. The summed E-state index contributed by atoms with van der Waals surface area (Å²) >= 11 is 0. The van der Waals surface area contributed by atoms with Gasteiger partial charge in [0.15, 0.2) is 0 Å². The van der Waals surface area contributed by atoms with Crippen molar-refractivity contribution in [3.8, 4) is 0 Å². The number of aliphatic carboxylic acids is 1. The molecule has 0 fully saturated rings. The molecule has 5 heteroatoms. The van der Waals surface area contributed by atoms with Gasteiger partial charge in [0.1, 0.15) is 6.04 Å². The molecule has 1 amide bonds. The molecule has 0 heterocycles. The summed E-state index contributed by atoms with van der Waals surface area (Å²) in [4.78, 5) is 23.0. The Hall–Kier alpha value is -1.88. The number of nitrogens with one attached hydrogen (secondary N) is 2. The Kier molecular flexibility index (Phi) is 7.46. The van der Waals surface area contributed by atoms with Crippen LogP contribution in [-0.2, 0) is 16.0 Å². The van der Waals surface area contributed by atoms with Gasteiger partial charge in [0.05, 0.1) is 6.54 Å². The molecule has 1 aromatic rings. The Morgan fingerprint density at radius 3 is 2.48 bits per heavy atom. The molecule has 5 nitrogen and oxygen atoms in total. The molecule has 0 spiro atoms. The number of carboxylic acids is 1. The van der Waals surface area contributed by atoms with E-state index in [9.17, 15) is 14.7 Å². The van der Waals surface area contributed by atoms with Crippen molar-refractivity contribution in [3.63, 3.8) is 0 Å². The molecule has 2 atom stereocenters. The van der Waals surface area contributed by atoms with Crippen molar-refractivity contribution in [3.05, 3.63) is 35.9 Å². The molecular formula is C16H24N2O3. The number of hydrogen-bond donors (Lipinski definition) is 3.